The summed E-state index contributed by atoms with van der Waals surface area (Å²) in [6, 6.07) is 6.03. The zero-order valence-electron chi connectivity index (χ0n) is 12.0. The maximum atomic E-state index is 12.7. The van der Waals surface area contributed by atoms with Gasteiger partial charge in [0.2, 0.25) is 15.9 Å². The molecule has 5 nitrogen and oxygen atoms in total. The van der Waals surface area contributed by atoms with Crippen LogP contribution in [-0.4, -0.2) is 37.1 Å². The predicted molar refractivity (Wildman–Crippen MR) is 82.9 cm³/mol. The number of hydrogen-bond acceptors (Lipinski definition) is 3. The second kappa shape index (κ2) is 6.34. The minimum Gasteiger partial charge on any atom is -0.326 e. The van der Waals surface area contributed by atoms with Crippen LogP contribution in [0.15, 0.2) is 29.2 Å². The molecule has 2 rings (SSSR count). The lowest BCUT2D eigenvalue weighted by Gasteiger charge is -2.24. The van der Waals surface area contributed by atoms with Crippen LogP contribution < -0.4 is 5.32 Å². The van der Waals surface area contributed by atoms with Gasteiger partial charge < -0.3 is 5.32 Å². The van der Waals surface area contributed by atoms with E-state index in [1.165, 1.54) is 23.4 Å². The lowest BCUT2D eigenvalue weighted by atomic mass is 10.1. The van der Waals surface area contributed by atoms with Gasteiger partial charge in [0.15, 0.2) is 0 Å². The molecule has 1 aliphatic heterocycles. The zero-order valence-corrected chi connectivity index (χ0v) is 13.6. The SMILES string of the molecule is CC(=O)Nc1ccc(S(=O)(=O)N2CCC(C)C2CCl)cc1. The Bertz CT molecular complexity index is 616. The quantitative estimate of drug-likeness (QED) is 0.861. The average molecular weight is 331 g/mol. The van der Waals surface area contributed by atoms with Crippen molar-refractivity contribution < 1.29 is 13.2 Å². The molecular formula is C14H19ClN2O3S. The Balaban J connectivity index is 2.25. The molecule has 0 radical (unpaired) electrons. The predicted octanol–water partition coefficient (Wildman–Crippen LogP) is 2.28. The lowest BCUT2D eigenvalue weighted by molar-refractivity contribution is -0.114. The number of rotatable bonds is 4. The van der Waals surface area contributed by atoms with Crippen molar-refractivity contribution in [1.29, 1.82) is 0 Å². The van der Waals surface area contributed by atoms with Gasteiger partial charge in [-0.2, -0.15) is 4.31 Å². The van der Waals surface area contributed by atoms with E-state index >= 15 is 0 Å². The fourth-order valence-electron chi connectivity index (χ4n) is 2.55. The molecule has 0 aromatic heterocycles. The van der Waals surface area contributed by atoms with E-state index in [0.717, 1.165) is 6.42 Å². The molecule has 0 aliphatic carbocycles. The smallest absolute Gasteiger partial charge is 0.243 e. The number of amides is 1. The molecule has 1 heterocycles. The summed E-state index contributed by atoms with van der Waals surface area (Å²) in [4.78, 5) is 11.2. The Kier molecular flexibility index (Phi) is 4.91. The van der Waals surface area contributed by atoms with Crippen LogP contribution in [0.3, 0.4) is 0 Å². The summed E-state index contributed by atoms with van der Waals surface area (Å²) in [6.07, 6.45) is 0.820. The number of anilines is 1. The third kappa shape index (κ3) is 3.39. The van der Waals surface area contributed by atoms with Gasteiger partial charge in [-0.05, 0) is 36.6 Å². The minimum absolute atomic E-state index is 0.160. The van der Waals surface area contributed by atoms with Crippen LogP contribution in [0.5, 0.6) is 0 Å². The molecule has 1 aliphatic rings. The first-order valence-corrected chi connectivity index (χ1v) is 8.79. The van der Waals surface area contributed by atoms with E-state index in [1.807, 2.05) is 6.92 Å². The van der Waals surface area contributed by atoms with Gasteiger partial charge in [-0.15, -0.1) is 11.6 Å². The minimum atomic E-state index is -3.54. The number of benzene rings is 1. The molecular weight excluding hydrogens is 312 g/mol. The summed E-state index contributed by atoms with van der Waals surface area (Å²) < 4.78 is 26.8. The lowest BCUT2D eigenvalue weighted by Crippen LogP contribution is -2.38. The highest BCUT2D eigenvalue weighted by Crippen LogP contribution is 2.31. The zero-order chi connectivity index (χ0) is 15.6. The van der Waals surface area contributed by atoms with E-state index in [9.17, 15) is 13.2 Å². The number of nitrogens with one attached hydrogen (secondary N) is 1. The first-order valence-electron chi connectivity index (χ1n) is 6.81. The number of nitrogens with zero attached hydrogens (tertiary/aromatic N) is 1. The summed E-state index contributed by atoms with van der Waals surface area (Å²) in [7, 11) is -3.54. The Morgan fingerprint density at radius 1 is 1.38 bits per heavy atom. The Morgan fingerprint density at radius 2 is 2.00 bits per heavy atom. The summed E-state index contributed by atoms with van der Waals surface area (Å²) in [5.41, 5.74) is 0.574. The molecule has 2 unspecified atom stereocenters. The van der Waals surface area contributed by atoms with Crippen molar-refractivity contribution >= 4 is 33.2 Å². The van der Waals surface area contributed by atoms with E-state index in [0.29, 0.717) is 18.1 Å². The van der Waals surface area contributed by atoms with E-state index in [-0.39, 0.29) is 22.8 Å². The largest absolute Gasteiger partial charge is 0.326 e. The van der Waals surface area contributed by atoms with Crippen molar-refractivity contribution in [1.82, 2.24) is 4.31 Å². The van der Waals surface area contributed by atoms with Crippen LogP contribution in [0, 0.1) is 5.92 Å². The highest BCUT2D eigenvalue weighted by atomic mass is 35.5. The van der Waals surface area contributed by atoms with Gasteiger partial charge in [0.1, 0.15) is 0 Å². The first-order chi connectivity index (χ1) is 9.86. The fraction of sp³-hybridized carbons (Fsp3) is 0.500. The van der Waals surface area contributed by atoms with Crippen molar-refractivity contribution in [3.63, 3.8) is 0 Å². The van der Waals surface area contributed by atoms with Crippen molar-refractivity contribution in [2.24, 2.45) is 5.92 Å². The highest BCUT2D eigenvalue weighted by molar-refractivity contribution is 7.89. The van der Waals surface area contributed by atoms with E-state index in [2.05, 4.69) is 5.32 Å². The number of sulfonamides is 1. The van der Waals surface area contributed by atoms with Gasteiger partial charge in [0.25, 0.3) is 0 Å². The molecule has 0 spiro atoms. The van der Waals surface area contributed by atoms with Crippen LogP contribution in [0.2, 0.25) is 0 Å². The standard InChI is InChI=1S/C14H19ClN2O3S/c1-10-7-8-17(14(10)9-15)21(19,20)13-5-3-12(4-6-13)16-11(2)18/h3-6,10,14H,7-9H2,1-2H3,(H,16,18). The molecule has 1 fully saturated rings. The van der Waals surface area contributed by atoms with Gasteiger partial charge >= 0.3 is 0 Å². The third-order valence-corrected chi connectivity index (χ3v) is 6.03. The van der Waals surface area contributed by atoms with E-state index < -0.39 is 10.0 Å². The number of alkyl halides is 1. The van der Waals surface area contributed by atoms with Crippen LogP contribution in [0.4, 0.5) is 5.69 Å². The normalized spacial score (nSPS) is 23.2. The molecule has 1 saturated heterocycles. The molecule has 1 aromatic rings. The van der Waals surface area contributed by atoms with E-state index in [4.69, 9.17) is 11.6 Å². The highest BCUT2D eigenvalue weighted by Gasteiger charge is 2.38. The van der Waals surface area contributed by atoms with Crippen LogP contribution in [0.1, 0.15) is 20.3 Å². The second-order valence-corrected chi connectivity index (χ2v) is 7.51. The Hall–Kier alpha value is -1.11. The van der Waals surface area contributed by atoms with Crippen molar-refractivity contribution in [2.45, 2.75) is 31.2 Å². The maximum absolute atomic E-state index is 12.7. The van der Waals surface area contributed by atoms with E-state index in [1.54, 1.807) is 12.1 Å². The van der Waals surface area contributed by atoms with Crippen molar-refractivity contribution in [3.8, 4) is 0 Å². The first kappa shape index (κ1) is 16.3. The number of hydrogen-bond donors (Lipinski definition) is 1. The molecule has 0 saturated carbocycles. The molecule has 21 heavy (non-hydrogen) atoms. The van der Waals surface area contributed by atoms with Crippen LogP contribution >= 0.6 is 11.6 Å². The topological polar surface area (TPSA) is 66.5 Å². The number of carbonyl (C=O) groups is 1. The molecule has 116 valence electrons. The van der Waals surface area contributed by atoms with Gasteiger partial charge in [-0.3, -0.25) is 4.79 Å². The molecule has 1 amide bonds. The average Bonchev–Trinajstić information content (AvgIpc) is 2.80. The van der Waals surface area contributed by atoms with Gasteiger partial charge in [0, 0.05) is 31.1 Å². The molecule has 7 heteroatoms. The number of carbonyl (C=O) groups excluding carboxylic acids is 1. The van der Waals surface area contributed by atoms with Gasteiger partial charge in [-0.1, -0.05) is 6.92 Å². The molecule has 1 aromatic carbocycles. The Morgan fingerprint density at radius 3 is 2.52 bits per heavy atom. The summed E-state index contributed by atoms with van der Waals surface area (Å²) in [5.74, 6) is 0.363. The van der Waals surface area contributed by atoms with Gasteiger partial charge in [0.05, 0.1) is 4.90 Å². The Labute approximate surface area is 130 Å². The van der Waals surface area contributed by atoms with Crippen molar-refractivity contribution in [3.05, 3.63) is 24.3 Å². The van der Waals surface area contributed by atoms with Crippen molar-refractivity contribution in [2.75, 3.05) is 17.7 Å². The summed E-state index contributed by atoms with van der Waals surface area (Å²) in [5, 5.41) is 2.61. The molecule has 1 N–H and O–H groups in total. The fourth-order valence-corrected chi connectivity index (χ4v) is 4.84. The second-order valence-electron chi connectivity index (χ2n) is 5.31. The summed E-state index contributed by atoms with van der Waals surface area (Å²) in [6.45, 7) is 3.91. The van der Waals surface area contributed by atoms with Crippen LogP contribution in [0.25, 0.3) is 0 Å². The number of halogens is 1. The van der Waals surface area contributed by atoms with Gasteiger partial charge in [-0.25, -0.2) is 8.42 Å². The summed E-state index contributed by atoms with van der Waals surface area (Å²) >= 11 is 5.92. The van der Waals surface area contributed by atoms with Crippen LogP contribution in [-0.2, 0) is 14.8 Å². The monoisotopic (exact) mass is 330 g/mol. The third-order valence-electron chi connectivity index (χ3n) is 3.77. The maximum Gasteiger partial charge on any atom is 0.243 e. The molecule has 0 bridgehead atoms. The molecule has 2 atom stereocenters.